The molecule has 0 aliphatic rings. The number of hydrogen-bond donors (Lipinski definition) is 0. The SMILES string of the molecule is Cc1nc(C(=O)C(C)(F)F)sc1C. The number of nitrogens with zero attached hydrogens (tertiary/aromatic N) is 1. The minimum absolute atomic E-state index is 0.109. The molecular weight excluding hydrogens is 196 g/mol. The van der Waals surface area contributed by atoms with Gasteiger partial charge in [0.2, 0.25) is 0 Å². The Morgan fingerprint density at radius 3 is 2.31 bits per heavy atom. The standard InChI is InChI=1S/C8H9F2NOS/c1-4-5(2)13-7(11-4)6(12)8(3,9)10/h1-3H3. The maximum atomic E-state index is 12.6. The van der Waals surface area contributed by atoms with Gasteiger partial charge in [0.1, 0.15) is 0 Å². The van der Waals surface area contributed by atoms with Crippen molar-refractivity contribution in [3.05, 3.63) is 15.6 Å². The van der Waals surface area contributed by atoms with E-state index in [0.29, 0.717) is 12.6 Å². The summed E-state index contributed by atoms with van der Waals surface area (Å²) in [5.41, 5.74) is 0.637. The number of thiazole rings is 1. The number of aromatic nitrogens is 1. The van der Waals surface area contributed by atoms with Crippen LogP contribution in [0.4, 0.5) is 8.78 Å². The monoisotopic (exact) mass is 205 g/mol. The Bertz CT molecular complexity index is 321. The summed E-state index contributed by atoms with van der Waals surface area (Å²) >= 11 is 1.01. The van der Waals surface area contributed by atoms with Gasteiger partial charge in [-0.05, 0) is 13.8 Å². The number of halogens is 2. The number of hydrogen-bond acceptors (Lipinski definition) is 3. The molecule has 5 heteroatoms. The highest BCUT2D eigenvalue weighted by molar-refractivity contribution is 7.13. The van der Waals surface area contributed by atoms with E-state index in [1.807, 2.05) is 0 Å². The minimum atomic E-state index is -3.32. The van der Waals surface area contributed by atoms with Gasteiger partial charge in [0.15, 0.2) is 5.01 Å². The zero-order chi connectivity index (χ0) is 10.2. The number of carbonyl (C=O) groups excluding carboxylic acids is 1. The third-order valence-electron chi connectivity index (χ3n) is 1.62. The Balaban J connectivity index is 3.03. The average molecular weight is 205 g/mol. The fourth-order valence-corrected chi connectivity index (χ4v) is 1.70. The summed E-state index contributed by atoms with van der Waals surface area (Å²) in [6.07, 6.45) is 0. The molecule has 1 aromatic heterocycles. The van der Waals surface area contributed by atoms with E-state index < -0.39 is 11.7 Å². The van der Waals surface area contributed by atoms with Gasteiger partial charge in [-0.2, -0.15) is 8.78 Å². The number of alkyl halides is 2. The van der Waals surface area contributed by atoms with E-state index in [1.165, 1.54) is 0 Å². The van der Waals surface area contributed by atoms with Gasteiger partial charge in [-0.25, -0.2) is 4.98 Å². The summed E-state index contributed by atoms with van der Waals surface area (Å²) in [4.78, 5) is 15.6. The molecule has 0 saturated heterocycles. The molecule has 0 unspecified atom stereocenters. The molecule has 0 fully saturated rings. The number of aryl methyl sites for hydroxylation is 2. The van der Waals surface area contributed by atoms with Crippen LogP contribution in [-0.2, 0) is 0 Å². The van der Waals surface area contributed by atoms with E-state index in [-0.39, 0.29) is 5.01 Å². The van der Waals surface area contributed by atoms with Crippen LogP contribution in [0.3, 0.4) is 0 Å². The highest BCUT2D eigenvalue weighted by atomic mass is 32.1. The summed E-state index contributed by atoms with van der Waals surface area (Å²) in [5, 5.41) is -0.109. The number of Topliss-reactive ketones (excluding diaryl/α,β-unsaturated/α-hetero) is 1. The molecule has 0 spiro atoms. The smallest absolute Gasteiger partial charge is 0.285 e. The van der Waals surface area contributed by atoms with Gasteiger partial charge in [-0.3, -0.25) is 4.79 Å². The van der Waals surface area contributed by atoms with Gasteiger partial charge in [0.25, 0.3) is 5.78 Å². The first-order valence-corrected chi connectivity index (χ1v) is 4.50. The molecule has 0 atom stereocenters. The van der Waals surface area contributed by atoms with E-state index in [9.17, 15) is 13.6 Å². The van der Waals surface area contributed by atoms with E-state index in [4.69, 9.17) is 0 Å². The van der Waals surface area contributed by atoms with Crippen molar-refractivity contribution in [2.75, 3.05) is 0 Å². The van der Waals surface area contributed by atoms with Crippen LogP contribution in [-0.4, -0.2) is 16.7 Å². The lowest BCUT2D eigenvalue weighted by Crippen LogP contribution is -2.24. The Morgan fingerprint density at radius 1 is 1.46 bits per heavy atom. The van der Waals surface area contributed by atoms with Gasteiger partial charge < -0.3 is 0 Å². The Morgan fingerprint density at radius 2 is 2.00 bits per heavy atom. The molecule has 0 amide bonds. The normalized spacial score (nSPS) is 11.8. The van der Waals surface area contributed by atoms with Crippen molar-refractivity contribution in [2.24, 2.45) is 0 Å². The fourth-order valence-electron chi connectivity index (χ4n) is 0.758. The molecule has 13 heavy (non-hydrogen) atoms. The Hall–Kier alpha value is -0.840. The molecule has 0 N–H and O–H groups in total. The molecule has 0 bridgehead atoms. The third-order valence-corrected chi connectivity index (χ3v) is 2.69. The lowest BCUT2D eigenvalue weighted by atomic mass is 10.2. The maximum Gasteiger partial charge on any atom is 0.309 e. The summed E-state index contributed by atoms with van der Waals surface area (Å²) < 4.78 is 25.1. The van der Waals surface area contributed by atoms with E-state index in [1.54, 1.807) is 13.8 Å². The topological polar surface area (TPSA) is 30.0 Å². The first-order chi connectivity index (χ1) is 5.82. The van der Waals surface area contributed by atoms with Crippen LogP contribution in [0, 0.1) is 13.8 Å². The molecule has 0 aliphatic carbocycles. The summed E-state index contributed by atoms with van der Waals surface area (Å²) in [6.45, 7) is 4.02. The molecule has 0 aromatic carbocycles. The highest BCUT2D eigenvalue weighted by Gasteiger charge is 2.35. The minimum Gasteiger partial charge on any atom is -0.285 e. The zero-order valence-corrected chi connectivity index (χ0v) is 8.34. The first-order valence-electron chi connectivity index (χ1n) is 3.69. The van der Waals surface area contributed by atoms with Crippen molar-refractivity contribution in [3.63, 3.8) is 0 Å². The summed E-state index contributed by atoms with van der Waals surface area (Å²) in [5.74, 6) is -4.52. The van der Waals surface area contributed by atoms with Gasteiger partial charge in [0, 0.05) is 11.8 Å². The molecule has 0 radical (unpaired) electrons. The molecule has 1 aromatic rings. The van der Waals surface area contributed by atoms with E-state index >= 15 is 0 Å². The van der Waals surface area contributed by atoms with Gasteiger partial charge in [-0.1, -0.05) is 0 Å². The van der Waals surface area contributed by atoms with Crippen LogP contribution in [0.5, 0.6) is 0 Å². The first kappa shape index (κ1) is 10.2. The van der Waals surface area contributed by atoms with Crippen molar-refractivity contribution in [3.8, 4) is 0 Å². The molecular formula is C8H9F2NOS. The van der Waals surface area contributed by atoms with E-state index in [0.717, 1.165) is 16.2 Å². The maximum absolute atomic E-state index is 12.6. The quantitative estimate of drug-likeness (QED) is 0.694. The number of carbonyl (C=O) groups is 1. The van der Waals surface area contributed by atoms with Gasteiger partial charge in [-0.15, -0.1) is 11.3 Å². The van der Waals surface area contributed by atoms with Crippen molar-refractivity contribution in [1.82, 2.24) is 4.98 Å². The van der Waals surface area contributed by atoms with Crippen LogP contribution in [0.1, 0.15) is 27.3 Å². The van der Waals surface area contributed by atoms with Crippen LogP contribution < -0.4 is 0 Å². The van der Waals surface area contributed by atoms with Crippen LogP contribution in [0.15, 0.2) is 0 Å². The largest absolute Gasteiger partial charge is 0.309 e. The van der Waals surface area contributed by atoms with Crippen LogP contribution in [0.2, 0.25) is 0 Å². The van der Waals surface area contributed by atoms with Crippen molar-refractivity contribution in [2.45, 2.75) is 26.7 Å². The number of rotatable bonds is 2. The lowest BCUT2D eigenvalue weighted by Gasteiger charge is -2.04. The molecule has 1 rings (SSSR count). The van der Waals surface area contributed by atoms with E-state index in [2.05, 4.69) is 4.98 Å². The van der Waals surface area contributed by atoms with Gasteiger partial charge in [0.05, 0.1) is 5.69 Å². The summed E-state index contributed by atoms with van der Waals surface area (Å²) in [7, 11) is 0. The highest BCUT2D eigenvalue weighted by Crippen LogP contribution is 2.24. The molecule has 2 nitrogen and oxygen atoms in total. The van der Waals surface area contributed by atoms with Gasteiger partial charge >= 0.3 is 5.92 Å². The second-order valence-corrected chi connectivity index (χ2v) is 4.08. The predicted octanol–water partition coefficient (Wildman–Crippen LogP) is 2.60. The summed E-state index contributed by atoms with van der Waals surface area (Å²) in [6, 6.07) is 0. The van der Waals surface area contributed by atoms with Crippen molar-refractivity contribution in [1.29, 1.82) is 0 Å². The average Bonchev–Trinajstić information content (AvgIpc) is 2.29. The second kappa shape index (κ2) is 3.14. The molecule has 1 heterocycles. The second-order valence-electron chi connectivity index (χ2n) is 2.88. The Kier molecular flexibility index (Phi) is 2.47. The van der Waals surface area contributed by atoms with Crippen molar-refractivity contribution < 1.29 is 13.6 Å². The third kappa shape index (κ3) is 2.09. The van der Waals surface area contributed by atoms with Crippen LogP contribution in [0.25, 0.3) is 0 Å². The van der Waals surface area contributed by atoms with Crippen LogP contribution >= 0.6 is 11.3 Å². The number of ketones is 1. The fraction of sp³-hybridized carbons (Fsp3) is 0.500. The molecule has 72 valence electrons. The Labute approximate surface area is 78.6 Å². The molecule has 0 aliphatic heterocycles. The molecule has 0 saturated carbocycles. The van der Waals surface area contributed by atoms with Crippen molar-refractivity contribution >= 4 is 17.1 Å². The predicted molar refractivity (Wildman–Crippen MR) is 46.5 cm³/mol. The zero-order valence-electron chi connectivity index (χ0n) is 7.52. The lowest BCUT2D eigenvalue weighted by molar-refractivity contribution is 0.0221.